The van der Waals surface area contributed by atoms with E-state index in [0.29, 0.717) is 11.1 Å². The molecule has 130 valence electrons. The van der Waals surface area contributed by atoms with E-state index in [1.54, 1.807) is 24.1 Å². The molecule has 1 aliphatic heterocycles. The van der Waals surface area contributed by atoms with Crippen molar-refractivity contribution in [1.29, 1.82) is 0 Å². The molecule has 2 aromatic carbocycles. The Balaban J connectivity index is 1.83. The van der Waals surface area contributed by atoms with E-state index in [1.165, 1.54) is 6.33 Å². The summed E-state index contributed by atoms with van der Waals surface area (Å²) in [6, 6.07) is 16.4. The van der Waals surface area contributed by atoms with E-state index >= 15 is 0 Å². The molecular weight excluding hydrogens is 330 g/mol. The molecule has 2 heterocycles. The van der Waals surface area contributed by atoms with Crippen LogP contribution in [0.5, 0.6) is 0 Å². The van der Waals surface area contributed by atoms with Gasteiger partial charge in [-0.2, -0.15) is 10.1 Å². The predicted molar refractivity (Wildman–Crippen MR) is 95.5 cm³/mol. The third-order valence-electron chi connectivity index (χ3n) is 4.66. The number of nitrogens with zero attached hydrogens (tertiary/aromatic N) is 3. The summed E-state index contributed by atoms with van der Waals surface area (Å²) in [4.78, 5) is 31.6. The van der Waals surface area contributed by atoms with Crippen molar-refractivity contribution in [2.45, 2.75) is 12.0 Å². The van der Waals surface area contributed by atoms with Crippen molar-refractivity contribution in [3.8, 4) is 0 Å². The van der Waals surface area contributed by atoms with E-state index in [9.17, 15) is 9.59 Å². The number of rotatable bonds is 3. The lowest BCUT2D eigenvalue weighted by molar-refractivity contribution is -0.119. The van der Waals surface area contributed by atoms with Gasteiger partial charge in [-0.15, -0.1) is 0 Å². The highest BCUT2D eigenvalue weighted by atomic mass is 16.2. The van der Waals surface area contributed by atoms with Crippen LogP contribution in [0, 0.1) is 0 Å². The molecule has 7 nitrogen and oxygen atoms in total. The summed E-state index contributed by atoms with van der Waals surface area (Å²) in [6.45, 7) is 0. The van der Waals surface area contributed by atoms with Gasteiger partial charge in [-0.25, -0.2) is 5.10 Å². The molecule has 0 saturated carbocycles. The monoisotopic (exact) mass is 347 g/mol. The first-order valence-corrected chi connectivity index (χ1v) is 8.24. The van der Waals surface area contributed by atoms with Crippen LogP contribution in [-0.4, -0.2) is 38.9 Å². The number of carbonyl (C=O) groups excluding carboxylic acids is 2. The second-order valence-corrected chi connectivity index (χ2v) is 6.16. The maximum absolute atomic E-state index is 13.1. The van der Waals surface area contributed by atoms with Crippen molar-refractivity contribution in [1.82, 2.24) is 20.1 Å². The number of carbonyl (C=O) groups is 2. The maximum atomic E-state index is 13.1. The Kier molecular flexibility index (Phi) is 3.96. The van der Waals surface area contributed by atoms with Gasteiger partial charge in [0, 0.05) is 12.6 Å². The molecule has 4 rings (SSSR count). The summed E-state index contributed by atoms with van der Waals surface area (Å²) in [5.41, 5.74) is 2.15. The Morgan fingerprint density at radius 3 is 2.58 bits per heavy atom. The molecule has 2 N–H and O–H groups in total. The molecule has 1 aliphatic rings. The van der Waals surface area contributed by atoms with Gasteiger partial charge in [0.25, 0.3) is 5.91 Å². The number of anilines is 1. The van der Waals surface area contributed by atoms with Crippen LogP contribution in [0.15, 0.2) is 60.9 Å². The van der Waals surface area contributed by atoms with Crippen molar-refractivity contribution in [3.63, 3.8) is 0 Å². The van der Waals surface area contributed by atoms with Crippen molar-refractivity contribution in [3.05, 3.63) is 77.6 Å². The van der Waals surface area contributed by atoms with E-state index in [2.05, 4.69) is 20.5 Å². The smallest absolute Gasteiger partial charge is 0.254 e. The summed E-state index contributed by atoms with van der Waals surface area (Å²) < 4.78 is 0. The van der Waals surface area contributed by atoms with Crippen LogP contribution in [0.25, 0.3) is 0 Å². The first-order chi connectivity index (χ1) is 12.7. The third-order valence-corrected chi connectivity index (χ3v) is 4.66. The molecule has 0 bridgehead atoms. The minimum Gasteiger partial charge on any atom is -0.334 e. The molecule has 0 unspecified atom stereocenters. The molecule has 3 aromatic rings. The van der Waals surface area contributed by atoms with Crippen molar-refractivity contribution < 1.29 is 9.59 Å². The van der Waals surface area contributed by atoms with Crippen molar-refractivity contribution in [2.75, 3.05) is 12.4 Å². The molecule has 0 fully saturated rings. The van der Waals surface area contributed by atoms with Crippen LogP contribution in [0.4, 0.5) is 5.95 Å². The molecule has 7 heteroatoms. The lowest BCUT2D eigenvalue weighted by Gasteiger charge is -2.39. The van der Waals surface area contributed by atoms with Crippen LogP contribution in [0.1, 0.15) is 33.4 Å². The number of hydrogen-bond acceptors (Lipinski definition) is 4. The second-order valence-electron chi connectivity index (χ2n) is 6.16. The number of nitrogens with one attached hydrogen (secondary N) is 2. The van der Waals surface area contributed by atoms with Crippen LogP contribution < -0.4 is 5.32 Å². The van der Waals surface area contributed by atoms with Gasteiger partial charge >= 0.3 is 0 Å². The molecule has 0 radical (unpaired) electrons. The molecule has 2 amide bonds. The van der Waals surface area contributed by atoms with Gasteiger partial charge in [0.1, 0.15) is 6.33 Å². The van der Waals surface area contributed by atoms with Crippen LogP contribution >= 0.6 is 0 Å². The van der Waals surface area contributed by atoms with Gasteiger partial charge in [0.2, 0.25) is 11.9 Å². The SMILES string of the molecule is CN1C(=O)c2ccccc2[C@H](C(=O)Nc2ncn[nH]2)[C@H]1c1ccccc1. The Morgan fingerprint density at radius 1 is 1.12 bits per heavy atom. The zero-order valence-electron chi connectivity index (χ0n) is 14.1. The number of aromatic amines is 1. The van der Waals surface area contributed by atoms with Gasteiger partial charge in [-0.05, 0) is 17.2 Å². The number of amides is 2. The highest BCUT2D eigenvalue weighted by Crippen LogP contribution is 2.42. The van der Waals surface area contributed by atoms with Crippen molar-refractivity contribution in [2.24, 2.45) is 0 Å². The average Bonchev–Trinajstić information content (AvgIpc) is 3.18. The number of benzene rings is 2. The van der Waals surface area contributed by atoms with Crippen molar-refractivity contribution >= 4 is 17.8 Å². The molecular formula is C19H17N5O2. The average molecular weight is 347 g/mol. The number of hydrogen-bond donors (Lipinski definition) is 2. The highest BCUT2D eigenvalue weighted by molar-refractivity contribution is 6.03. The fraction of sp³-hybridized carbons (Fsp3) is 0.158. The molecule has 1 aromatic heterocycles. The van der Waals surface area contributed by atoms with Gasteiger partial charge in [-0.3, -0.25) is 14.9 Å². The van der Waals surface area contributed by atoms with Gasteiger partial charge in [0.05, 0.1) is 12.0 Å². The summed E-state index contributed by atoms with van der Waals surface area (Å²) in [6.07, 6.45) is 1.33. The fourth-order valence-corrected chi connectivity index (χ4v) is 3.48. The van der Waals surface area contributed by atoms with Gasteiger partial charge in [-0.1, -0.05) is 48.5 Å². The standard InChI is InChI=1S/C19H17N5O2/c1-24-16(12-7-3-2-4-8-12)15(17(25)22-19-20-11-21-23-19)13-9-5-6-10-14(13)18(24)26/h2-11,15-16H,1H3,(H2,20,21,22,23,25)/t15-,16+/m0/s1. The molecule has 26 heavy (non-hydrogen) atoms. The molecule has 0 saturated heterocycles. The number of fused-ring (bicyclic) bond motifs is 1. The number of H-pyrrole nitrogens is 1. The van der Waals surface area contributed by atoms with E-state index in [0.717, 1.165) is 5.56 Å². The van der Waals surface area contributed by atoms with E-state index in [1.807, 2.05) is 42.5 Å². The maximum Gasteiger partial charge on any atom is 0.254 e. The lowest BCUT2D eigenvalue weighted by atomic mass is 9.79. The van der Waals surface area contributed by atoms with Gasteiger partial charge in [0.15, 0.2) is 0 Å². The van der Waals surface area contributed by atoms with E-state index in [4.69, 9.17) is 0 Å². The summed E-state index contributed by atoms with van der Waals surface area (Å²) in [5, 5.41) is 9.15. The number of aromatic nitrogens is 3. The minimum absolute atomic E-state index is 0.0989. The third kappa shape index (κ3) is 2.63. The Hall–Kier alpha value is -3.48. The van der Waals surface area contributed by atoms with E-state index in [-0.39, 0.29) is 17.8 Å². The summed E-state index contributed by atoms with van der Waals surface area (Å²) in [5.74, 6) is -0.638. The first-order valence-electron chi connectivity index (χ1n) is 8.24. The zero-order valence-corrected chi connectivity index (χ0v) is 14.1. The fourth-order valence-electron chi connectivity index (χ4n) is 3.48. The first kappa shape index (κ1) is 16.0. The minimum atomic E-state index is -0.568. The molecule has 2 atom stereocenters. The quantitative estimate of drug-likeness (QED) is 0.761. The largest absolute Gasteiger partial charge is 0.334 e. The topological polar surface area (TPSA) is 91.0 Å². The zero-order chi connectivity index (χ0) is 18.1. The lowest BCUT2D eigenvalue weighted by Crippen LogP contribution is -2.44. The van der Waals surface area contributed by atoms with E-state index < -0.39 is 12.0 Å². The summed E-state index contributed by atoms with van der Waals surface area (Å²) in [7, 11) is 1.73. The summed E-state index contributed by atoms with van der Waals surface area (Å²) >= 11 is 0. The molecule has 0 spiro atoms. The van der Waals surface area contributed by atoms with Gasteiger partial charge < -0.3 is 4.90 Å². The van der Waals surface area contributed by atoms with Crippen LogP contribution in [-0.2, 0) is 4.79 Å². The Labute approximate surface area is 150 Å². The highest BCUT2D eigenvalue weighted by Gasteiger charge is 2.42. The molecule has 0 aliphatic carbocycles. The number of likely N-dealkylation sites (N-methyl/N-ethyl adjacent to an activating group) is 1. The Bertz CT molecular complexity index is 940. The predicted octanol–water partition coefficient (Wildman–Crippen LogP) is 2.35. The van der Waals surface area contributed by atoms with Crippen LogP contribution in [0.2, 0.25) is 0 Å². The second kappa shape index (κ2) is 6.44. The van der Waals surface area contributed by atoms with Crippen LogP contribution in [0.3, 0.4) is 0 Å². The normalized spacial score (nSPS) is 19.1. The Morgan fingerprint density at radius 2 is 1.85 bits per heavy atom.